The van der Waals surface area contributed by atoms with E-state index in [0.29, 0.717) is 12.4 Å². The molecular weight excluding hydrogens is 410 g/mol. The van der Waals surface area contributed by atoms with Crippen LogP contribution in [-0.2, 0) is 26.3 Å². The third kappa shape index (κ3) is 6.40. The Kier molecular flexibility index (Phi) is 6.68. The molecule has 1 aliphatic rings. The highest BCUT2D eigenvalue weighted by atomic mass is 16.6. The summed E-state index contributed by atoms with van der Waals surface area (Å²) in [6.07, 6.45) is 2.92. The van der Waals surface area contributed by atoms with E-state index in [1.54, 1.807) is 31.6 Å². The van der Waals surface area contributed by atoms with E-state index in [0.717, 1.165) is 16.8 Å². The van der Waals surface area contributed by atoms with Crippen LogP contribution in [0.25, 0.3) is 5.69 Å². The predicted octanol–water partition coefficient (Wildman–Crippen LogP) is 3.27. The van der Waals surface area contributed by atoms with E-state index < -0.39 is 11.7 Å². The Morgan fingerprint density at radius 3 is 2.69 bits per heavy atom. The molecule has 1 atom stereocenters. The minimum absolute atomic E-state index is 0.106. The summed E-state index contributed by atoms with van der Waals surface area (Å²) in [5.41, 5.74) is 4.22. The van der Waals surface area contributed by atoms with Gasteiger partial charge in [-0.05, 0) is 51.0 Å². The molecule has 1 fully saturated rings. The van der Waals surface area contributed by atoms with Gasteiger partial charge in [-0.3, -0.25) is 4.79 Å². The van der Waals surface area contributed by atoms with Crippen LogP contribution in [0.3, 0.4) is 0 Å². The Morgan fingerprint density at radius 1 is 1.34 bits per heavy atom. The van der Waals surface area contributed by atoms with Crippen molar-refractivity contribution in [1.29, 1.82) is 0 Å². The summed E-state index contributed by atoms with van der Waals surface area (Å²) < 4.78 is 12.4. The summed E-state index contributed by atoms with van der Waals surface area (Å²) in [4.78, 5) is 24.4. The highest BCUT2D eigenvalue weighted by molar-refractivity contribution is 6.00. The molecule has 1 aliphatic heterocycles. The first-order valence-corrected chi connectivity index (χ1v) is 10.6. The van der Waals surface area contributed by atoms with Gasteiger partial charge in [-0.15, -0.1) is 0 Å². The molecule has 0 radical (unpaired) electrons. The standard InChI is InChI=1S/C23H31N5O4/c1-15(2)20(26-27-21(30)32-22(3,4)5)25-19(29)10-16-12-24-28(13-16)18-9-7-8-17(11-18)23(6)14-31-23/h7-9,11-13,15H,10,14H2,1-6H3,(H,27,30)(H,25,26,29). The minimum atomic E-state index is -0.682. The quantitative estimate of drug-likeness (QED) is 0.309. The number of amidine groups is 1. The molecule has 0 saturated carbocycles. The van der Waals surface area contributed by atoms with Gasteiger partial charge in [0.25, 0.3) is 0 Å². The number of hydrazone groups is 1. The maximum Gasteiger partial charge on any atom is 0.428 e. The summed E-state index contributed by atoms with van der Waals surface area (Å²) in [7, 11) is 0. The maximum absolute atomic E-state index is 12.6. The number of nitrogens with one attached hydrogen (secondary N) is 2. The van der Waals surface area contributed by atoms with Gasteiger partial charge in [-0.1, -0.05) is 26.0 Å². The Balaban J connectivity index is 1.61. The molecule has 1 saturated heterocycles. The third-order valence-electron chi connectivity index (χ3n) is 4.78. The van der Waals surface area contributed by atoms with Crippen molar-refractivity contribution in [3.8, 4) is 5.69 Å². The molecule has 1 aromatic heterocycles. The van der Waals surface area contributed by atoms with Crippen molar-refractivity contribution in [2.75, 3.05) is 6.61 Å². The zero-order valence-corrected chi connectivity index (χ0v) is 19.4. The molecule has 2 N–H and O–H groups in total. The number of benzene rings is 1. The van der Waals surface area contributed by atoms with Gasteiger partial charge in [0.2, 0.25) is 5.91 Å². The Bertz CT molecular complexity index is 1020. The molecule has 2 amide bonds. The van der Waals surface area contributed by atoms with Crippen molar-refractivity contribution in [3.63, 3.8) is 0 Å². The second kappa shape index (κ2) is 9.12. The molecule has 9 nitrogen and oxygen atoms in total. The third-order valence-corrected chi connectivity index (χ3v) is 4.78. The number of epoxide rings is 1. The van der Waals surface area contributed by atoms with Crippen LogP contribution < -0.4 is 10.7 Å². The highest BCUT2D eigenvalue weighted by Crippen LogP contribution is 2.38. The average Bonchev–Trinajstić information content (AvgIpc) is 3.28. The highest BCUT2D eigenvalue weighted by Gasteiger charge is 2.41. The summed E-state index contributed by atoms with van der Waals surface area (Å²) >= 11 is 0. The topological polar surface area (TPSA) is 110 Å². The summed E-state index contributed by atoms with van der Waals surface area (Å²) in [5, 5.41) is 11.1. The van der Waals surface area contributed by atoms with Gasteiger partial charge in [-0.2, -0.15) is 10.2 Å². The lowest BCUT2D eigenvalue weighted by Crippen LogP contribution is -2.38. The SMILES string of the molecule is CC(C)/C(=N/NC(=O)OC(C)(C)C)NC(=O)Cc1cnn(-c2cccc(C3(C)CO3)c2)c1. The minimum Gasteiger partial charge on any atom is -0.443 e. The first-order chi connectivity index (χ1) is 14.9. The summed E-state index contributed by atoms with van der Waals surface area (Å²) in [6, 6.07) is 7.99. The monoisotopic (exact) mass is 441 g/mol. The molecule has 2 aromatic rings. The van der Waals surface area contributed by atoms with E-state index in [1.807, 2.05) is 44.3 Å². The number of amides is 2. The molecule has 9 heteroatoms. The number of nitrogens with zero attached hydrogens (tertiary/aromatic N) is 3. The lowest BCUT2D eigenvalue weighted by molar-refractivity contribution is -0.119. The lowest BCUT2D eigenvalue weighted by atomic mass is 10.0. The molecule has 0 spiro atoms. The normalized spacial score (nSPS) is 18.4. The Labute approximate surface area is 188 Å². The van der Waals surface area contributed by atoms with E-state index in [-0.39, 0.29) is 23.8 Å². The number of carbonyl (C=O) groups excluding carboxylic acids is 2. The number of hydrogen-bond donors (Lipinski definition) is 2. The van der Waals surface area contributed by atoms with Crippen molar-refractivity contribution in [2.24, 2.45) is 11.0 Å². The second-order valence-electron chi connectivity index (χ2n) is 9.35. The van der Waals surface area contributed by atoms with Crippen LogP contribution in [0, 0.1) is 5.92 Å². The second-order valence-corrected chi connectivity index (χ2v) is 9.35. The molecule has 1 aromatic carbocycles. The van der Waals surface area contributed by atoms with Gasteiger partial charge in [0.15, 0.2) is 0 Å². The smallest absolute Gasteiger partial charge is 0.428 e. The lowest BCUT2D eigenvalue weighted by Gasteiger charge is -2.19. The zero-order valence-electron chi connectivity index (χ0n) is 19.4. The van der Waals surface area contributed by atoms with Gasteiger partial charge in [-0.25, -0.2) is 14.9 Å². The van der Waals surface area contributed by atoms with Crippen LogP contribution >= 0.6 is 0 Å². The van der Waals surface area contributed by atoms with Gasteiger partial charge < -0.3 is 14.8 Å². The van der Waals surface area contributed by atoms with E-state index in [1.165, 1.54) is 0 Å². The fourth-order valence-electron chi connectivity index (χ4n) is 2.93. The van der Waals surface area contributed by atoms with Gasteiger partial charge in [0.05, 0.1) is 24.9 Å². The van der Waals surface area contributed by atoms with Crippen LogP contribution in [0.1, 0.15) is 52.7 Å². The molecule has 2 heterocycles. The molecule has 0 bridgehead atoms. The number of aromatic nitrogens is 2. The van der Waals surface area contributed by atoms with E-state index in [2.05, 4.69) is 27.9 Å². The van der Waals surface area contributed by atoms with Crippen molar-refractivity contribution in [3.05, 3.63) is 47.8 Å². The number of hydrogen-bond acceptors (Lipinski definition) is 6. The Hall–Kier alpha value is -3.20. The van der Waals surface area contributed by atoms with Gasteiger partial charge in [0.1, 0.15) is 17.0 Å². The molecule has 3 rings (SSSR count). The average molecular weight is 442 g/mol. The molecular formula is C23H31N5O4. The fourth-order valence-corrected chi connectivity index (χ4v) is 2.93. The van der Waals surface area contributed by atoms with Crippen molar-refractivity contribution in [1.82, 2.24) is 20.5 Å². The van der Waals surface area contributed by atoms with Crippen LogP contribution in [0.2, 0.25) is 0 Å². The van der Waals surface area contributed by atoms with Crippen molar-refractivity contribution >= 4 is 17.8 Å². The number of rotatable bonds is 6. The van der Waals surface area contributed by atoms with E-state index in [4.69, 9.17) is 9.47 Å². The summed E-state index contributed by atoms with van der Waals surface area (Å²) in [6.45, 7) is 11.8. The van der Waals surface area contributed by atoms with Crippen molar-refractivity contribution in [2.45, 2.75) is 59.2 Å². The van der Waals surface area contributed by atoms with Gasteiger partial charge in [0, 0.05) is 12.1 Å². The van der Waals surface area contributed by atoms with Gasteiger partial charge >= 0.3 is 6.09 Å². The maximum atomic E-state index is 12.6. The number of carbonyl (C=O) groups is 2. The van der Waals surface area contributed by atoms with Crippen LogP contribution in [0.5, 0.6) is 0 Å². The molecule has 172 valence electrons. The zero-order chi connectivity index (χ0) is 23.5. The first-order valence-electron chi connectivity index (χ1n) is 10.6. The molecule has 32 heavy (non-hydrogen) atoms. The van der Waals surface area contributed by atoms with E-state index in [9.17, 15) is 9.59 Å². The fraction of sp³-hybridized carbons (Fsp3) is 0.478. The van der Waals surface area contributed by atoms with Crippen LogP contribution in [0.4, 0.5) is 4.79 Å². The van der Waals surface area contributed by atoms with Crippen LogP contribution in [-0.4, -0.2) is 39.8 Å². The van der Waals surface area contributed by atoms with E-state index >= 15 is 0 Å². The van der Waals surface area contributed by atoms with Crippen LogP contribution in [0.15, 0.2) is 41.8 Å². The molecule has 1 unspecified atom stereocenters. The first kappa shape index (κ1) is 23.5. The summed E-state index contributed by atoms with van der Waals surface area (Å²) in [5.74, 6) is -0.0142. The Morgan fingerprint density at radius 2 is 2.06 bits per heavy atom. The number of ether oxygens (including phenoxy) is 2. The predicted molar refractivity (Wildman–Crippen MR) is 120 cm³/mol. The van der Waals surface area contributed by atoms with Crippen molar-refractivity contribution < 1.29 is 19.1 Å². The largest absolute Gasteiger partial charge is 0.443 e. The molecule has 0 aliphatic carbocycles.